The van der Waals surface area contributed by atoms with Crippen LogP contribution in [0.3, 0.4) is 0 Å². The number of nitrogens with one attached hydrogen (secondary N) is 1. The van der Waals surface area contributed by atoms with Crippen LogP contribution in [-0.4, -0.2) is 4.98 Å². The molecule has 0 fully saturated rings. The van der Waals surface area contributed by atoms with Gasteiger partial charge in [0, 0.05) is 6.04 Å². The molecule has 1 aromatic carbocycles. The summed E-state index contributed by atoms with van der Waals surface area (Å²) in [6.07, 6.45) is 0. The van der Waals surface area contributed by atoms with Crippen LogP contribution in [-0.2, 0) is 0 Å². The van der Waals surface area contributed by atoms with Gasteiger partial charge in [-0.3, -0.25) is 0 Å². The van der Waals surface area contributed by atoms with Crippen molar-refractivity contribution < 1.29 is 17.6 Å². The highest BCUT2D eigenvalue weighted by Gasteiger charge is 2.22. The van der Waals surface area contributed by atoms with E-state index < -0.39 is 35.3 Å². The molecule has 0 radical (unpaired) electrons. The van der Waals surface area contributed by atoms with Gasteiger partial charge in [-0.25, -0.2) is 0 Å². The fourth-order valence-corrected chi connectivity index (χ4v) is 1.77. The van der Waals surface area contributed by atoms with Crippen LogP contribution in [0.1, 0.15) is 24.1 Å². The Bertz CT molecular complexity index is 600. The Morgan fingerprint density at radius 2 is 1.45 bits per heavy atom. The Labute approximate surface area is 113 Å². The van der Waals surface area contributed by atoms with Gasteiger partial charge in [0.05, 0.1) is 0 Å². The number of pyridine rings is 1. The van der Waals surface area contributed by atoms with Gasteiger partial charge in [-0.2, -0.15) is 22.5 Å². The standard InChI is InChI=1S/C14H12F4N2/c1-7-3-5-9(6-4-7)8(2)19-12-10(15)13(17)20-14(18)11(12)16/h3-6,8H,1-2H3,(H,19,20). The first kappa shape index (κ1) is 14.3. The van der Waals surface area contributed by atoms with Crippen LogP contribution in [0.25, 0.3) is 0 Å². The number of nitrogens with zero attached hydrogens (tertiary/aromatic N) is 1. The molecule has 20 heavy (non-hydrogen) atoms. The van der Waals surface area contributed by atoms with E-state index >= 15 is 0 Å². The van der Waals surface area contributed by atoms with Gasteiger partial charge in [-0.05, 0) is 19.4 Å². The Morgan fingerprint density at radius 1 is 0.950 bits per heavy atom. The second-order valence-corrected chi connectivity index (χ2v) is 4.47. The molecular weight excluding hydrogens is 272 g/mol. The first-order valence-corrected chi connectivity index (χ1v) is 5.93. The molecule has 2 rings (SSSR count). The molecular formula is C14H12F4N2. The number of anilines is 1. The maximum atomic E-state index is 13.5. The van der Waals surface area contributed by atoms with Crippen molar-refractivity contribution in [1.29, 1.82) is 0 Å². The van der Waals surface area contributed by atoms with Crippen molar-refractivity contribution >= 4 is 5.69 Å². The van der Waals surface area contributed by atoms with Crippen molar-refractivity contribution in [2.45, 2.75) is 19.9 Å². The van der Waals surface area contributed by atoms with Crippen LogP contribution in [0.2, 0.25) is 0 Å². The van der Waals surface area contributed by atoms with Crippen molar-refractivity contribution in [2.24, 2.45) is 0 Å². The third kappa shape index (κ3) is 2.74. The molecule has 6 heteroatoms. The maximum absolute atomic E-state index is 13.5. The van der Waals surface area contributed by atoms with Gasteiger partial charge in [0.15, 0.2) is 0 Å². The minimum atomic E-state index is -1.68. The molecule has 2 aromatic rings. The van der Waals surface area contributed by atoms with Gasteiger partial charge in [0.2, 0.25) is 11.6 Å². The van der Waals surface area contributed by atoms with Crippen LogP contribution < -0.4 is 5.32 Å². The number of halogens is 4. The van der Waals surface area contributed by atoms with Gasteiger partial charge < -0.3 is 5.32 Å². The molecule has 1 aromatic heterocycles. The highest BCUT2D eigenvalue weighted by atomic mass is 19.2. The minimum Gasteiger partial charge on any atom is -0.373 e. The summed E-state index contributed by atoms with van der Waals surface area (Å²) in [7, 11) is 0. The zero-order chi connectivity index (χ0) is 14.9. The lowest BCUT2D eigenvalue weighted by Gasteiger charge is -2.17. The largest absolute Gasteiger partial charge is 0.373 e. The molecule has 106 valence electrons. The summed E-state index contributed by atoms with van der Waals surface area (Å²) in [5.41, 5.74) is 0.898. The quantitative estimate of drug-likeness (QED) is 0.677. The summed E-state index contributed by atoms with van der Waals surface area (Å²) in [5.74, 6) is -6.43. The van der Waals surface area contributed by atoms with Crippen LogP contribution in [0.5, 0.6) is 0 Å². The van der Waals surface area contributed by atoms with E-state index in [4.69, 9.17) is 0 Å². The van der Waals surface area contributed by atoms with E-state index in [-0.39, 0.29) is 0 Å². The van der Waals surface area contributed by atoms with E-state index in [1.54, 1.807) is 19.1 Å². The SMILES string of the molecule is Cc1ccc(C(C)Nc2c(F)c(F)nc(F)c2F)cc1. The van der Waals surface area contributed by atoms with E-state index in [0.29, 0.717) is 0 Å². The highest BCUT2D eigenvalue weighted by Crippen LogP contribution is 2.26. The van der Waals surface area contributed by atoms with E-state index in [1.807, 2.05) is 19.1 Å². The molecule has 0 aliphatic heterocycles. The maximum Gasteiger partial charge on any atom is 0.253 e. The molecule has 1 unspecified atom stereocenters. The average molecular weight is 284 g/mol. The lowest BCUT2D eigenvalue weighted by Crippen LogP contribution is -2.13. The predicted octanol–water partition coefficient (Wildman–Crippen LogP) is 4.12. The van der Waals surface area contributed by atoms with Gasteiger partial charge in [0.25, 0.3) is 11.9 Å². The number of aryl methyl sites for hydroxylation is 1. The van der Waals surface area contributed by atoms with Gasteiger partial charge in [-0.1, -0.05) is 29.8 Å². The Hall–Kier alpha value is -2.11. The highest BCUT2D eigenvalue weighted by molar-refractivity contribution is 5.47. The minimum absolute atomic E-state index is 0.527. The molecule has 0 saturated carbocycles. The molecule has 0 aliphatic carbocycles. The predicted molar refractivity (Wildman–Crippen MR) is 67.3 cm³/mol. The number of hydrogen-bond donors (Lipinski definition) is 1. The third-order valence-corrected chi connectivity index (χ3v) is 2.94. The summed E-state index contributed by atoms with van der Waals surface area (Å²) >= 11 is 0. The lowest BCUT2D eigenvalue weighted by atomic mass is 10.1. The lowest BCUT2D eigenvalue weighted by molar-refractivity contribution is 0.410. The molecule has 1 atom stereocenters. The van der Waals surface area contributed by atoms with Crippen molar-refractivity contribution in [3.8, 4) is 0 Å². The van der Waals surface area contributed by atoms with Crippen molar-refractivity contribution in [1.82, 2.24) is 4.98 Å². The van der Waals surface area contributed by atoms with Crippen molar-refractivity contribution in [3.63, 3.8) is 0 Å². The topological polar surface area (TPSA) is 24.9 Å². The fourth-order valence-electron chi connectivity index (χ4n) is 1.77. The van der Waals surface area contributed by atoms with Crippen LogP contribution in [0.15, 0.2) is 24.3 Å². The molecule has 0 amide bonds. The van der Waals surface area contributed by atoms with Crippen LogP contribution in [0, 0.1) is 30.5 Å². The van der Waals surface area contributed by atoms with Crippen LogP contribution >= 0.6 is 0 Å². The number of hydrogen-bond acceptors (Lipinski definition) is 2. The normalized spacial score (nSPS) is 12.3. The van der Waals surface area contributed by atoms with E-state index in [9.17, 15) is 17.6 Å². The second-order valence-electron chi connectivity index (χ2n) is 4.47. The Morgan fingerprint density at radius 3 is 1.95 bits per heavy atom. The van der Waals surface area contributed by atoms with E-state index in [1.165, 1.54) is 0 Å². The summed E-state index contributed by atoms with van der Waals surface area (Å²) in [6.45, 7) is 3.52. The van der Waals surface area contributed by atoms with Gasteiger partial charge in [0.1, 0.15) is 5.69 Å². The molecule has 0 saturated heterocycles. The number of rotatable bonds is 3. The molecule has 0 spiro atoms. The first-order chi connectivity index (χ1) is 9.40. The van der Waals surface area contributed by atoms with Crippen LogP contribution in [0.4, 0.5) is 23.2 Å². The van der Waals surface area contributed by atoms with E-state index in [0.717, 1.165) is 11.1 Å². The van der Waals surface area contributed by atoms with Gasteiger partial charge >= 0.3 is 0 Å². The van der Waals surface area contributed by atoms with E-state index in [2.05, 4.69) is 10.3 Å². The monoisotopic (exact) mass is 284 g/mol. The Kier molecular flexibility index (Phi) is 3.92. The molecule has 0 bridgehead atoms. The first-order valence-electron chi connectivity index (χ1n) is 5.93. The summed E-state index contributed by atoms with van der Waals surface area (Å²) < 4.78 is 52.9. The third-order valence-electron chi connectivity index (χ3n) is 2.94. The molecule has 0 aliphatic rings. The molecule has 1 N–H and O–H groups in total. The fraction of sp³-hybridized carbons (Fsp3) is 0.214. The number of aromatic nitrogens is 1. The summed E-state index contributed by atoms with van der Waals surface area (Å²) in [4.78, 5) is 2.50. The van der Waals surface area contributed by atoms with Gasteiger partial charge in [-0.15, -0.1) is 0 Å². The number of benzene rings is 1. The summed E-state index contributed by atoms with van der Waals surface area (Å²) in [5, 5.41) is 2.43. The second kappa shape index (κ2) is 5.48. The molecule has 1 heterocycles. The molecule has 2 nitrogen and oxygen atoms in total. The average Bonchev–Trinajstić information content (AvgIpc) is 2.42. The van der Waals surface area contributed by atoms with Crippen molar-refractivity contribution in [2.75, 3.05) is 5.32 Å². The smallest absolute Gasteiger partial charge is 0.253 e. The zero-order valence-electron chi connectivity index (χ0n) is 10.8. The van der Waals surface area contributed by atoms with Crippen molar-refractivity contribution in [3.05, 3.63) is 58.9 Å². The summed E-state index contributed by atoms with van der Waals surface area (Å²) in [6, 6.07) is 6.65. The zero-order valence-corrected chi connectivity index (χ0v) is 10.8. The Balaban J connectivity index is 2.32.